The Hall–Kier alpha value is -2.93. The molecule has 3 N–H and O–H groups in total. The molecule has 0 bridgehead atoms. The van der Waals surface area contributed by atoms with Gasteiger partial charge in [0.15, 0.2) is 0 Å². The van der Waals surface area contributed by atoms with Crippen molar-refractivity contribution in [1.29, 1.82) is 0 Å². The van der Waals surface area contributed by atoms with E-state index >= 15 is 0 Å². The topological polar surface area (TPSA) is 89.1 Å². The van der Waals surface area contributed by atoms with E-state index in [1.54, 1.807) is 0 Å². The first kappa shape index (κ1) is 17.2. The number of benzene rings is 1. The molecule has 3 heterocycles. The van der Waals surface area contributed by atoms with Gasteiger partial charge in [0.1, 0.15) is 0 Å². The van der Waals surface area contributed by atoms with E-state index in [9.17, 15) is 4.79 Å². The number of anilines is 1. The number of piperidine rings is 1. The molecule has 0 spiro atoms. The van der Waals surface area contributed by atoms with Gasteiger partial charge in [0.25, 0.3) is 5.91 Å². The zero-order valence-electron chi connectivity index (χ0n) is 15.9. The fraction of sp³-hybridized carbons (Fsp3) is 0.381. The highest BCUT2D eigenvalue weighted by atomic mass is 16.1. The minimum absolute atomic E-state index is 0.351. The molecule has 28 heavy (non-hydrogen) atoms. The number of fused-ring (bicyclic) bond motifs is 2. The smallest absolute Gasteiger partial charge is 0.251 e. The van der Waals surface area contributed by atoms with Crippen LogP contribution in [0.4, 0.5) is 5.95 Å². The number of rotatable bonds is 6. The van der Waals surface area contributed by atoms with Crippen molar-refractivity contribution in [3.8, 4) is 0 Å². The lowest BCUT2D eigenvalue weighted by molar-refractivity contribution is 0.0999. The van der Waals surface area contributed by atoms with Gasteiger partial charge in [-0.2, -0.15) is 0 Å². The van der Waals surface area contributed by atoms with Crippen LogP contribution >= 0.6 is 0 Å². The fourth-order valence-electron chi connectivity index (χ4n) is 4.67. The van der Waals surface area contributed by atoms with Crippen molar-refractivity contribution in [3.05, 3.63) is 54.0 Å². The van der Waals surface area contributed by atoms with Crippen LogP contribution < -0.4 is 16.0 Å². The second-order valence-electron chi connectivity index (χ2n) is 7.95. The highest BCUT2D eigenvalue weighted by Crippen LogP contribution is 2.51. The van der Waals surface area contributed by atoms with Crippen LogP contribution in [0.1, 0.15) is 15.9 Å². The highest BCUT2D eigenvalue weighted by Gasteiger charge is 2.55. The lowest BCUT2D eigenvalue weighted by Gasteiger charge is -2.19. The molecule has 3 aromatic rings. The molecule has 2 fully saturated rings. The van der Waals surface area contributed by atoms with Gasteiger partial charge in [0, 0.05) is 56.2 Å². The molecule has 144 valence electrons. The molecule has 2 unspecified atom stereocenters. The molecule has 7 heteroatoms. The van der Waals surface area contributed by atoms with Gasteiger partial charge < -0.3 is 20.5 Å². The molecule has 2 aromatic heterocycles. The van der Waals surface area contributed by atoms with Crippen molar-refractivity contribution in [2.75, 3.05) is 24.5 Å². The third-order valence-corrected chi connectivity index (χ3v) is 6.25. The van der Waals surface area contributed by atoms with Gasteiger partial charge >= 0.3 is 0 Å². The van der Waals surface area contributed by atoms with Gasteiger partial charge in [0.05, 0.1) is 5.56 Å². The number of nitrogens with two attached hydrogens (primary N) is 1. The van der Waals surface area contributed by atoms with E-state index in [1.807, 2.05) is 0 Å². The first-order valence-electron chi connectivity index (χ1n) is 9.72. The summed E-state index contributed by atoms with van der Waals surface area (Å²) in [7, 11) is 2.10. The number of hydrogen-bond donors (Lipinski definition) is 2. The van der Waals surface area contributed by atoms with Crippen LogP contribution in [-0.2, 0) is 13.6 Å². The maximum atomic E-state index is 11.1. The first-order valence-corrected chi connectivity index (χ1v) is 9.72. The number of carbonyl (C=O) groups excluding carboxylic acids is 1. The SMILES string of the molecule is Cn1cc(CNCC2C3CN(c4ncc(C(N)=O)cn4)CC23)c2ccccc21. The summed E-state index contributed by atoms with van der Waals surface area (Å²) in [5.74, 6) is 2.35. The molecular weight excluding hydrogens is 352 g/mol. The van der Waals surface area contributed by atoms with E-state index in [2.05, 4.69) is 62.3 Å². The Bertz CT molecular complexity index is 1020. The van der Waals surface area contributed by atoms with Gasteiger partial charge in [-0.1, -0.05) is 18.2 Å². The summed E-state index contributed by atoms with van der Waals surface area (Å²) >= 11 is 0. The Balaban J connectivity index is 1.14. The van der Waals surface area contributed by atoms with Crippen LogP contribution in [0.25, 0.3) is 10.9 Å². The third-order valence-electron chi connectivity index (χ3n) is 6.25. The van der Waals surface area contributed by atoms with Crippen LogP contribution in [0.3, 0.4) is 0 Å². The molecule has 2 atom stereocenters. The average Bonchev–Trinajstić information content (AvgIpc) is 3.03. The van der Waals surface area contributed by atoms with Crippen molar-refractivity contribution >= 4 is 22.8 Å². The monoisotopic (exact) mass is 376 g/mol. The van der Waals surface area contributed by atoms with Gasteiger partial charge in [-0.15, -0.1) is 0 Å². The van der Waals surface area contributed by atoms with E-state index in [0.29, 0.717) is 23.3 Å². The number of para-hydroxylation sites is 1. The standard InChI is InChI=1S/C21H24N6O/c1-26-10-14(15-4-2-3-5-19(15)26)6-23-9-16-17-11-27(12-18(16)17)21-24-7-13(8-25-21)20(22)28/h2-5,7-8,10,16-18,23H,6,9,11-12H2,1H3,(H2,22,28). The lowest BCUT2D eigenvalue weighted by Crippen LogP contribution is -2.29. The number of carbonyl (C=O) groups is 1. The number of amides is 1. The van der Waals surface area contributed by atoms with E-state index in [-0.39, 0.29) is 0 Å². The molecule has 5 rings (SSSR count). The molecule has 2 aliphatic rings. The Morgan fingerprint density at radius 3 is 2.64 bits per heavy atom. The van der Waals surface area contributed by atoms with E-state index in [0.717, 1.165) is 32.1 Å². The van der Waals surface area contributed by atoms with Crippen molar-refractivity contribution in [2.24, 2.45) is 30.5 Å². The molecule has 7 nitrogen and oxygen atoms in total. The summed E-state index contributed by atoms with van der Waals surface area (Å²) < 4.78 is 2.19. The Kier molecular flexibility index (Phi) is 4.05. The van der Waals surface area contributed by atoms with Crippen LogP contribution in [-0.4, -0.2) is 40.1 Å². The zero-order chi connectivity index (χ0) is 19.3. The minimum atomic E-state index is -0.492. The molecule has 0 radical (unpaired) electrons. The molecule has 1 aliphatic carbocycles. The quantitative estimate of drug-likeness (QED) is 0.681. The van der Waals surface area contributed by atoms with Gasteiger partial charge in [-0.25, -0.2) is 9.97 Å². The van der Waals surface area contributed by atoms with Crippen molar-refractivity contribution in [2.45, 2.75) is 6.54 Å². The lowest BCUT2D eigenvalue weighted by atomic mass is 10.1. The second-order valence-corrected chi connectivity index (χ2v) is 7.95. The largest absolute Gasteiger partial charge is 0.366 e. The minimum Gasteiger partial charge on any atom is -0.366 e. The summed E-state index contributed by atoms with van der Waals surface area (Å²) in [6.45, 7) is 3.93. The summed E-state index contributed by atoms with van der Waals surface area (Å²) in [6.07, 6.45) is 5.25. The Labute approximate surface area is 163 Å². The number of aromatic nitrogens is 3. The van der Waals surface area contributed by atoms with E-state index in [4.69, 9.17) is 5.73 Å². The Morgan fingerprint density at radius 2 is 1.93 bits per heavy atom. The third kappa shape index (κ3) is 2.92. The van der Waals surface area contributed by atoms with Crippen LogP contribution in [0.2, 0.25) is 0 Å². The maximum absolute atomic E-state index is 11.1. The molecule has 1 saturated carbocycles. The number of hydrogen-bond acceptors (Lipinski definition) is 5. The number of nitrogens with one attached hydrogen (secondary N) is 1. The van der Waals surface area contributed by atoms with Crippen LogP contribution in [0.5, 0.6) is 0 Å². The van der Waals surface area contributed by atoms with Crippen LogP contribution in [0, 0.1) is 17.8 Å². The zero-order valence-corrected chi connectivity index (χ0v) is 15.9. The normalized spacial score (nSPS) is 23.2. The molecule has 1 aliphatic heterocycles. The maximum Gasteiger partial charge on any atom is 0.251 e. The highest BCUT2D eigenvalue weighted by molar-refractivity contribution is 5.92. The van der Waals surface area contributed by atoms with Gasteiger partial charge in [0.2, 0.25) is 5.95 Å². The van der Waals surface area contributed by atoms with E-state index < -0.39 is 5.91 Å². The van der Waals surface area contributed by atoms with Crippen molar-refractivity contribution < 1.29 is 4.79 Å². The first-order chi connectivity index (χ1) is 13.6. The predicted octanol–water partition coefficient (Wildman–Crippen LogP) is 1.54. The summed E-state index contributed by atoms with van der Waals surface area (Å²) in [5.41, 5.74) is 8.23. The second kappa shape index (κ2) is 6.60. The van der Waals surface area contributed by atoms with Gasteiger partial charge in [-0.05, 0) is 35.9 Å². The Morgan fingerprint density at radius 1 is 1.21 bits per heavy atom. The molecule has 1 amide bonds. The molecule has 1 saturated heterocycles. The van der Waals surface area contributed by atoms with E-state index in [1.165, 1.54) is 28.9 Å². The summed E-state index contributed by atoms with van der Waals surface area (Å²) in [5, 5.41) is 4.99. The number of aryl methyl sites for hydroxylation is 1. The number of primary amides is 1. The average molecular weight is 376 g/mol. The van der Waals surface area contributed by atoms with Crippen molar-refractivity contribution in [3.63, 3.8) is 0 Å². The predicted molar refractivity (Wildman–Crippen MR) is 108 cm³/mol. The number of nitrogens with zero attached hydrogens (tertiary/aromatic N) is 4. The van der Waals surface area contributed by atoms with Crippen LogP contribution in [0.15, 0.2) is 42.9 Å². The summed E-state index contributed by atoms with van der Waals surface area (Å²) in [4.78, 5) is 21.9. The fourth-order valence-corrected chi connectivity index (χ4v) is 4.67. The molecule has 1 aromatic carbocycles. The molecular formula is C21H24N6O. The van der Waals surface area contributed by atoms with Gasteiger partial charge in [-0.3, -0.25) is 4.79 Å². The van der Waals surface area contributed by atoms with Crippen molar-refractivity contribution in [1.82, 2.24) is 19.9 Å². The summed E-state index contributed by atoms with van der Waals surface area (Å²) in [6, 6.07) is 8.54.